The van der Waals surface area contributed by atoms with Crippen LogP contribution < -0.4 is 5.32 Å². The fourth-order valence-electron chi connectivity index (χ4n) is 2.58. The molecule has 2 atom stereocenters. The molecule has 0 bridgehead atoms. The summed E-state index contributed by atoms with van der Waals surface area (Å²) in [5.41, 5.74) is 0.481. The van der Waals surface area contributed by atoms with Gasteiger partial charge in [-0.2, -0.15) is 0 Å². The lowest BCUT2D eigenvalue weighted by atomic mass is 9.80. The number of halogens is 2. The zero-order valence-electron chi connectivity index (χ0n) is 10.7. The monoisotopic (exact) mass is 388 g/mol. The molecule has 3 nitrogen and oxygen atoms in total. The maximum atomic E-state index is 12.0. The number of nitrogens with zero attached hydrogens (tertiary/aromatic N) is 1. The summed E-state index contributed by atoms with van der Waals surface area (Å²) in [6, 6.07) is 3.58. The predicted molar refractivity (Wildman–Crippen MR) is 83.5 cm³/mol. The largest absolute Gasteiger partial charge is 0.350 e. The van der Waals surface area contributed by atoms with Gasteiger partial charge in [0.05, 0.1) is 0 Å². The minimum absolute atomic E-state index is 0.0774. The third kappa shape index (κ3) is 4.28. The second-order valence-electron chi connectivity index (χ2n) is 5.03. The number of rotatable bonds is 4. The van der Waals surface area contributed by atoms with Crippen molar-refractivity contribution in [3.8, 4) is 0 Å². The fourth-order valence-corrected chi connectivity index (χ4v) is 3.67. The fraction of sp³-hybridized carbons (Fsp3) is 0.571. The van der Waals surface area contributed by atoms with Crippen LogP contribution in [-0.2, 0) is 0 Å². The Hall–Kier alpha value is -0.420. The molecular formula is C14H18Br2N2O. The van der Waals surface area contributed by atoms with Crippen molar-refractivity contribution in [1.82, 2.24) is 10.3 Å². The van der Waals surface area contributed by atoms with Gasteiger partial charge in [-0.05, 0) is 52.7 Å². The molecule has 0 aromatic carbocycles. The highest BCUT2D eigenvalue weighted by Gasteiger charge is 2.24. The van der Waals surface area contributed by atoms with Crippen LogP contribution in [0.1, 0.15) is 36.2 Å². The van der Waals surface area contributed by atoms with Crippen LogP contribution in [0.25, 0.3) is 0 Å². The van der Waals surface area contributed by atoms with E-state index in [9.17, 15) is 4.79 Å². The summed E-state index contributed by atoms with van der Waals surface area (Å²) in [6.45, 7) is 0.757. The van der Waals surface area contributed by atoms with Crippen LogP contribution >= 0.6 is 31.9 Å². The van der Waals surface area contributed by atoms with E-state index < -0.39 is 0 Å². The first-order valence-corrected chi connectivity index (χ1v) is 8.58. The van der Waals surface area contributed by atoms with Crippen LogP contribution in [0.2, 0.25) is 0 Å². The van der Waals surface area contributed by atoms with Crippen molar-refractivity contribution in [2.45, 2.75) is 25.7 Å². The summed E-state index contributed by atoms with van der Waals surface area (Å²) in [4.78, 5) is 16.1. The lowest BCUT2D eigenvalue weighted by molar-refractivity contribution is 0.0932. The van der Waals surface area contributed by atoms with Crippen molar-refractivity contribution in [3.63, 3.8) is 0 Å². The van der Waals surface area contributed by atoms with Gasteiger partial charge >= 0.3 is 0 Å². The Morgan fingerprint density at radius 3 is 2.68 bits per heavy atom. The number of nitrogens with one attached hydrogen (secondary N) is 1. The number of hydrogen-bond acceptors (Lipinski definition) is 2. The number of amides is 1. The van der Waals surface area contributed by atoms with Gasteiger partial charge in [0.1, 0.15) is 5.69 Å². The highest BCUT2D eigenvalue weighted by Crippen LogP contribution is 2.30. The molecule has 104 valence electrons. The number of hydrogen-bond donors (Lipinski definition) is 1. The molecular weight excluding hydrogens is 372 g/mol. The van der Waals surface area contributed by atoms with Crippen LogP contribution in [0.4, 0.5) is 0 Å². The molecule has 1 N–H and O–H groups in total. The summed E-state index contributed by atoms with van der Waals surface area (Å²) in [5, 5.41) is 4.05. The molecule has 1 heterocycles. The summed E-state index contributed by atoms with van der Waals surface area (Å²) in [5.74, 6) is 1.20. The molecule has 1 aromatic heterocycles. The van der Waals surface area contributed by atoms with E-state index in [0.29, 0.717) is 17.5 Å². The van der Waals surface area contributed by atoms with Gasteiger partial charge in [0.15, 0.2) is 0 Å². The van der Waals surface area contributed by atoms with Crippen LogP contribution in [0.5, 0.6) is 0 Å². The molecule has 1 aliphatic carbocycles. The van der Waals surface area contributed by atoms with Gasteiger partial charge in [0.25, 0.3) is 5.91 Å². The summed E-state index contributed by atoms with van der Waals surface area (Å²) in [6.07, 6.45) is 6.72. The van der Waals surface area contributed by atoms with Gasteiger partial charge < -0.3 is 5.32 Å². The van der Waals surface area contributed by atoms with Crippen molar-refractivity contribution >= 4 is 37.8 Å². The molecule has 1 aliphatic rings. The topological polar surface area (TPSA) is 42.0 Å². The predicted octanol–water partition coefficient (Wildman–Crippen LogP) is 3.78. The second-order valence-corrected chi connectivity index (χ2v) is 6.59. The van der Waals surface area contributed by atoms with Crippen molar-refractivity contribution in [1.29, 1.82) is 0 Å². The molecule has 1 aromatic rings. The van der Waals surface area contributed by atoms with E-state index >= 15 is 0 Å². The molecule has 0 aliphatic heterocycles. The van der Waals surface area contributed by atoms with Crippen LogP contribution in [0.15, 0.2) is 22.8 Å². The molecule has 19 heavy (non-hydrogen) atoms. The maximum Gasteiger partial charge on any atom is 0.269 e. The molecule has 0 saturated heterocycles. The minimum Gasteiger partial charge on any atom is -0.350 e. The van der Waals surface area contributed by atoms with E-state index in [-0.39, 0.29) is 5.91 Å². The number of pyridine rings is 1. The number of alkyl halides is 1. The molecule has 0 spiro atoms. The Balaban J connectivity index is 1.87. The lowest BCUT2D eigenvalue weighted by Crippen LogP contribution is -2.35. The van der Waals surface area contributed by atoms with Crippen molar-refractivity contribution in [3.05, 3.63) is 28.5 Å². The zero-order chi connectivity index (χ0) is 13.7. The number of carbonyl (C=O) groups is 1. The number of aromatic nitrogens is 1. The first-order valence-electron chi connectivity index (χ1n) is 6.66. The van der Waals surface area contributed by atoms with Crippen molar-refractivity contribution < 1.29 is 4.79 Å². The van der Waals surface area contributed by atoms with Crippen molar-refractivity contribution in [2.24, 2.45) is 11.8 Å². The van der Waals surface area contributed by atoms with Gasteiger partial charge in [0.2, 0.25) is 0 Å². The van der Waals surface area contributed by atoms with E-state index in [4.69, 9.17) is 0 Å². The molecule has 2 rings (SSSR count). The average Bonchev–Trinajstić information content (AvgIpc) is 2.45. The smallest absolute Gasteiger partial charge is 0.269 e. The van der Waals surface area contributed by atoms with Gasteiger partial charge in [-0.3, -0.25) is 4.79 Å². The molecule has 0 radical (unpaired) electrons. The quantitative estimate of drug-likeness (QED) is 0.796. The molecule has 1 amide bonds. The van der Waals surface area contributed by atoms with E-state index in [0.717, 1.165) is 16.3 Å². The number of carbonyl (C=O) groups excluding carboxylic acids is 1. The molecule has 1 saturated carbocycles. The van der Waals surface area contributed by atoms with Gasteiger partial charge in [-0.1, -0.05) is 28.8 Å². The highest BCUT2D eigenvalue weighted by molar-refractivity contribution is 9.10. The van der Waals surface area contributed by atoms with Crippen LogP contribution in [-0.4, -0.2) is 22.8 Å². The van der Waals surface area contributed by atoms with Crippen LogP contribution in [0.3, 0.4) is 0 Å². The zero-order valence-corrected chi connectivity index (χ0v) is 13.9. The maximum absolute atomic E-state index is 12.0. The van der Waals surface area contributed by atoms with E-state index in [1.807, 2.05) is 6.07 Å². The first kappa shape index (κ1) is 15.0. The van der Waals surface area contributed by atoms with E-state index in [1.54, 1.807) is 12.3 Å². The third-order valence-corrected chi connectivity index (χ3v) is 5.05. The second kappa shape index (κ2) is 7.39. The Labute approximate surface area is 130 Å². The Morgan fingerprint density at radius 1 is 1.32 bits per heavy atom. The van der Waals surface area contributed by atoms with Gasteiger partial charge in [0, 0.05) is 22.5 Å². The van der Waals surface area contributed by atoms with Crippen LogP contribution in [0, 0.1) is 11.8 Å². The Kier molecular flexibility index (Phi) is 5.82. The first-order chi connectivity index (χ1) is 9.20. The highest BCUT2D eigenvalue weighted by atomic mass is 79.9. The summed E-state index contributed by atoms with van der Waals surface area (Å²) in [7, 11) is 0. The lowest BCUT2D eigenvalue weighted by Gasteiger charge is -2.30. The molecule has 2 unspecified atom stereocenters. The standard InChI is InChI=1S/C14H18Br2N2O/c15-7-10-3-1-2-4-11(10)8-18-14(19)13-6-5-12(16)9-17-13/h5-6,9-11H,1-4,7-8H2,(H,18,19). The normalized spacial score (nSPS) is 23.1. The van der Waals surface area contributed by atoms with Gasteiger partial charge in [-0.15, -0.1) is 0 Å². The van der Waals surface area contributed by atoms with E-state index in [1.165, 1.54) is 25.7 Å². The third-order valence-electron chi connectivity index (χ3n) is 3.75. The Bertz CT molecular complexity index is 422. The molecule has 1 fully saturated rings. The SMILES string of the molecule is O=C(NCC1CCCCC1CBr)c1ccc(Br)cn1. The summed E-state index contributed by atoms with van der Waals surface area (Å²) < 4.78 is 0.885. The average molecular weight is 390 g/mol. The Morgan fingerprint density at radius 2 is 2.05 bits per heavy atom. The molecule has 5 heteroatoms. The van der Waals surface area contributed by atoms with Crippen molar-refractivity contribution in [2.75, 3.05) is 11.9 Å². The van der Waals surface area contributed by atoms with Gasteiger partial charge in [-0.25, -0.2) is 4.98 Å². The minimum atomic E-state index is -0.0774. The van der Waals surface area contributed by atoms with E-state index in [2.05, 4.69) is 42.2 Å². The summed E-state index contributed by atoms with van der Waals surface area (Å²) >= 11 is 6.89.